The molecule has 0 aromatic rings. The van der Waals surface area contributed by atoms with Gasteiger partial charge in [0.15, 0.2) is 5.17 Å². The van der Waals surface area contributed by atoms with Gasteiger partial charge in [0.05, 0.1) is 6.54 Å². The molecule has 4 heteroatoms. The van der Waals surface area contributed by atoms with Gasteiger partial charge in [0.2, 0.25) is 0 Å². The third-order valence-electron chi connectivity index (χ3n) is 3.26. The van der Waals surface area contributed by atoms with Crippen molar-refractivity contribution in [3.8, 4) is 0 Å². The Morgan fingerprint density at radius 3 is 2.80 bits per heavy atom. The molecule has 0 amide bonds. The zero-order valence-corrected chi connectivity index (χ0v) is 11.4. The molecule has 1 saturated heterocycles. The average Bonchev–Trinajstić information content (AvgIpc) is 2.85. The number of nitrogens with one attached hydrogen (secondary N) is 1. The third kappa shape index (κ3) is 2.84. The summed E-state index contributed by atoms with van der Waals surface area (Å²) in [7, 11) is 0. The fourth-order valence-corrected chi connectivity index (χ4v) is 3.54. The quantitative estimate of drug-likeness (QED) is 0.822. The first-order valence-electron chi connectivity index (χ1n) is 5.64. The van der Waals surface area contributed by atoms with Gasteiger partial charge in [0, 0.05) is 16.5 Å². The first kappa shape index (κ1) is 11.6. The highest BCUT2D eigenvalue weighted by Gasteiger charge is 2.41. The van der Waals surface area contributed by atoms with E-state index in [1.165, 1.54) is 23.8 Å². The maximum atomic E-state index is 4.71. The lowest BCUT2D eigenvalue weighted by Crippen LogP contribution is -2.32. The van der Waals surface area contributed by atoms with Crippen LogP contribution in [-0.4, -0.2) is 34.5 Å². The Morgan fingerprint density at radius 2 is 2.33 bits per heavy atom. The maximum Gasteiger partial charge on any atom is 0.156 e. The Labute approximate surface area is 101 Å². The van der Waals surface area contributed by atoms with Gasteiger partial charge in [-0.2, -0.15) is 11.8 Å². The van der Waals surface area contributed by atoms with Crippen LogP contribution in [0.3, 0.4) is 0 Å². The van der Waals surface area contributed by atoms with Crippen LogP contribution < -0.4 is 5.32 Å². The average molecular weight is 244 g/mol. The largest absolute Gasteiger partial charge is 0.361 e. The lowest BCUT2D eigenvalue weighted by Gasteiger charge is -2.13. The summed E-state index contributed by atoms with van der Waals surface area (Å²) >= 11 is 3.87. The van der Waals surface area contributed by atoms with Crippen LogP contribution >= 0.6 is 23.5 Å². The van der Waals surface area contributed by atoms with E-state index in [2.05, 4.69) is 25.4 Å². The van der Waals surface area contributed by atoms with E-state index < -0.39 is 0 Å². The van der Waals surface area contributed by atoms with E-state index in [9.17, 15) is 0 Å². The Bertz CT molecular complexity index is 259. The molecule has 0 aromatic carbocycles. The van der Waals surface area contributed by atoms with Gasteiger partial charge in [-0.1, -0.05) is 25.6 Å². The molecule has 1 atom stereocenters. The molecular weight excluding hydrogens is 224 g/mol. The summed E-state index contributed by atoms with van der Waals surface area (Å²) in [5.74, 6) is 1.89. The highest BCUT2D eigenvalue weighted by atomic mass is 32.2. The minimum Gasteiger partial charge on any atom is -0.361 e. The topological polar surface area (TPSA) is 24.4 Å². The smallest absolute Gasteiger partial charge is 0.156 e. The van der Waals surface area contributed by atoms with E-state index in [1.54, 1.807) is 0 Å². The van der Waals surface area contributed by atoms with E-state index in [-0.39, 0.29) is 0 Å². The SMILES string of the molecule is CSC1(CN=C2NC(C(C)C)CS2)CC1. The maximum absolute atomic E-state index is 4.71. The van der Waals surface area contributed by atoms with Gasteiger partial charge in [-0.3, -0.25) is 4.99 Å². The molecule has 1 unspecified atom stereocenters. The molecule has 1 heterocycles. The number of rotatable bonds is 4. The first-order chi connectivity index (χ1) is 7.15. The molecule has 0 spiro atoms. The highest BCUT2D eigenvalue weighted by molar-refractivity contribution is 8.14. The van der Waals surface area contributed by atoms with Crippen molar-refractivity contribution >= 4 is 28.7 Å². The number of hydrogen-bond donors (Lipinski definition) is 1. The zero-order chi connectivity index (χ0) is 10.9. The second kappa shape index (κ2) is 4.58. The summed E-state index contributed by atoms with van der Waals surface area (Å²) < 4.78 is 0.505. The summed E-state index contributed by atoms with van der Waals surface area (Å²) in [6, 6.07) is 0.623. The summed E-state index contributed by atoms with van der Waals surface area (Å²) in [5.41, 5.74) is 0. The van der Waals surface area contributed by atoms with Crippen molar-refractivity contribution < 1.29 is 0 Å². The van der Waals surface area contributed by atoms with E-state index in [4.69, 9.17) is 4.99 Å². The normalized spacial score (nSPS) is 30.9. The monoisotopic (exact) mass is 244 g/mol. The second-order valence-electron chi connectivity index (χ2n) is 4.81. The van der Waals surface area contributed by atoms with Crippen LogP contribution in [0.2, 0.25) is 0 Å². The zero-order valence-electron chi connectivity index (χ0n) is 9.75. The van der Waals surface area contributed by atoms with Crippen molar-refractivity contribution in [1.29, 1.82) is 0 Å². The molecule has 1 N–H and O–H groups in total. The number of thioether (sulfide) groups is 2. The number of hydrogen-bond acceptors (Lipinski definition) is 3. The molecule has 1 aliphatic carbocycles. The molecule has 2 aliphatic rings. The second-order valence-corrected chi connectivity index (χ2v) is 7.10. The van der Waals surface area contributed by atoms with Gasteiger partial charge >= 0.3 is 0 Å². The molecule has 2 nitrogen and oxygen atoms in total. The predicted molar refractivity (Wildman–Crippen MR) is 72.0 cm³/mol. The van der Waals surface area contributed by atoms with Crippen molar-refractivity contribution in [3.05, 3.63) is 0 Å². The first-order valence-corrected chi connectivity index (χ1v) is 7.85. The van der Waals surface area contributed by atoms with E-state index >= 15 is 0 Å². The third-order valence-corrected chi connectivity index (χ3v) is 5.71. The minimum atomic E-state index is 0.505. The lowest BCUT2D eigenvalue weighted by atomic mass is 10.1. The highest BCUT2D eigenvalue weighted by Crippen LogP contribution is 2.47. The Balaban J connectivity index is 1.83. The van der Waals surface area contributed by atoms with Crippen molar-refractivity contribution in [3.63, 3.8) is 0 Å². The van der Waals surface area contributed by atoms with Crippen LogP contribution in [0.15, 0.2) is 4.99 Å². The molecule has 0 bridgehead atoms. The van der Waals surface area contributed by atoms with Crippen LogP contribution in [0.25, 0.3) is 0 Å². The van der Waals surface area contributed by atoms with Crippen molar-refractivity contribution in [2.45, 2.75) is 37.5 Å². The van der Waals surface area contributed by atoms with E-state index in [1.807, 2.05) is 23.5 Å². The van der Waals surface area contributed by atoms with Crippen molar-refractivity contribution in [2.24, 2.45) is 10.9 Å². The predicted octanol–water partition coefficient (Wildman–Crippen LogP) is 2.60. The van der Waals surface area contributed by atoms with Gasteiger partial charge in [-0.15, -0.1) is 0 Å². The van der Waals surface area contributed by atoms with E-state index in [0.29, 0.717) is 16.7 Å². The Morgan fingerprint density at radius 1 is 1.60 bits per heavy atom. The molecule has 86 valence electrons. The summed E-state index contributed by atoms with van der Waals surface area (Å²) in [6.07, 6.45) is 4.91. The van der Waals surface area contributed by atoms with Crippen LogP contribution in [0, 0.1) is 5.92 Å². The molecular formula is C11H20N2S2. The summed E-state index contributed by atoms with van der Waals surface area (Å²) in [6.45, 7) is 5.55. The fraction of sp³-hybridized carbons (Fsp3) is 0.909. The molecule has 0 radical (unpaired) electrons. The molecule has 2 fully saturated rings. The molecule has 1 aliphatic heterocycles. The van der Waals surface area contributed by atoms with Crippen LogP contribution in [0.1, 0.15) is 26.7 Å². The summed E-state index contributed by atoms with van der Waals surface area (Å²) in [4.78, 5) is 4.71. The van der Waals surface area contributed by atoms with Crippen LogP contribution in [0.5, 0.6) is 0 Å². The van der Waals surface area contributed by atoms with Crippen LogP contribution in [-0.2, 0) is 0 Å². The number of amidine groups is 1. The van der Waals surface area contributed by atoms with Gasteiger partial charge in [0.1, 0.15) is 0 Å². The molecule has 1 saturated carbocycles. The van der Waals surface area contributed by atoms with Gasteiger partial charge in [-0.05, 0) is 25.0 Å². The van der Waals surface area contributed by atoms with Crippen molar-refractivity contribution in [1.82, 2.24) is 5.32 Å². The van der Waals surface area contributed by atoms with Gasteiger partial charge < -0.3 is 5.32 Å². The minimum absolute atomic E-state index is 0.505. The molecule has 15 heavy (non-hydrogen) atoms. The van der Waals surface area contributed by atoms with Crippen LogP contribution in [0.4, 0.5) is 0 Å². The lowest BCUT2D eigenvalue weighted by molar-refractivity contribution is 0.503. The number of nitrogens with zero attached hydrogens (tertiary/aromatic N) is 1. The molecule has 2 rings (SSSR count). The Hall–Kier alpha value is 0.170. The number of aliphatic imine (C=N–C) groups is 1. The molecule has 0 aromatic heterocycles. The Kier molecular flexibility index (Phi) is 3.56. The van der Waals surface area contributed by atoms with Gasteiger partial charge in [-0.25, -0.2) is 0 Å². The van der Waals surface area contributed by atoms with Crippen molar-refractivity contribution in [2.75, 3.05) is 18.6 Å². The summed E-state index contributed by atoms with van der Waals surface area (Å²) in [5, 5.41) is 4.69. The fourth-order valence-electron chi connectivity index (χ4n) is 1.64. The van der Waals surface area contributed by atoms with Gasteiger partial charge in [0.25, 0.3) is 0 Å². The standard InChI is InChI=1S/C11H20N2S2/c1-8(2)9-6-15-10(13-9)12-7-11(14-3)4-5-11/h8-9H,4-7H2,1-3H3,(H,12,13). The van der Waals surface area contributed by atoms with E-state index in [0.717, 1.165) is 6.54 Å².